The number of aromatic carboxylic acids is 1. The first-order valence-corrected chi connectivity index (χ1v) is 15.7. The van der Waals surface area contributed by atoms with Gasteiger partial charge < -0.3 is 15.3 Å². The van der Waals surface area contributed by atoms with E-state index in [1.807, 2.05) is 54.6 Å². The summed E-state index contributed by atoms with van der Waals surface area (Å²) >= 11 is 0. The summed E-state index contributed by atoms with van der Waals surface area (Å²) in [6.45, 7) is 0. The third-order valence-corrected chi connectivity index (χ3v) is 11.9. The Hall–Kier alpha value is -3.75. The zero-order valence-corrected chi connectivity index (χ0v) is 22.9. The molecule has 5 rings (SSSR count). The zero-order valence-electron chi connectivity index (χ0n) is 21.2. The molecule has 0 amide bonds. The number of phenols is 2. The topological polar surface area (TPSA) is 112 Å². The molecule has 0 aliphatic heterocycles. The van der Waals surface area contributed by atoms with Crippen LogP contribution in [0.4, 0.5) is 0 Å². The van der Waals surface area contributed by atoms with Crippen molar-refractivity contribution in [3.63, 3.8) is 0 Å². The monoisotopic (exact) mass is 562 g/mol. The predicted molar refractivity (Wildman–Crippen MR) is 153 cm³/mol. The van der Waals surface area contributed by atoms with E-state index in [9.17, 15) is 28.5 Å². The molecule has 3 N–H and O–H groups in total. The van der Waals surface area contributed by atoms with Crippen LogP contribution in [0.15, 0.2) is 111 Å². The summed E-state index contributed by atoms with van der Waals surface area (Å²) in [6, 6.07) is 27.7. The molecule has 1 fully saturated rings. The number of benzene rings is 4. The minimum atomic E-state index is -3.36. The molecule has 1 aliphatic carbocycles. The number of hydrogen-bond acceptors (Lipinski definition) is 5. The average molecular weight is 563 g/mol. The van der Waals surface area contributed by atoms with E-state index in [4.69, 9.17) is 0 Å². The molecule has 0 heterocycles. The van der Waals surface area contributed by atoms with Crippen LogP contribution in [0.25, 0.3) is 11.1 Å². The van der Waals surface area contributed by atoms with Crippen LogP contribution in [0.2, 0.25) is 0 Å². The van der Waals surface area contributed by atoms with Crippen molar-refractivity contribution in [2.45, 2.75) is 56.9 Å². The summed E-state index contributed by atoms with van der Waals surface area (Å²) in [6.07, 6.45) is 4.46. The summed E-state index contributed by atoms with van der Waals surface area (Å²) in [4.78, 5) is 14.8. The van der Waals surface area contributed by atoms with Gasteiger partial charge in [-0.2, -0.15) is 10.9 Å². The van der Waals surface area contributed by atoms with Crippen molar-refractivity contribution in [2.24, 2.45) is 0 Å². The van der Waals surface area contributed by atoms with Crippen LogP contribution in [0.1, 0.15) is 42.5 Å². The van der Waals surface area contributed by atoms with Gasteiger partial charge in [0.2, 0.25) is 0 Å². The van der Waals surface area contributed by atoms with Crippen molar-refractivity contribution >= 4 is 26.7 Å². The molecular weight excluding hydrogens is 532 g/mol. The third-order valence-electron chi connectivity index (χ3n) is 7.20. The lowest BCUT2D eigenvalue weighted by Crippen LogP contribution is -2.24. The van der Waals surface area contributed by atoms with Gasteiger partial charge in [0.25, 0.3) is 0 Å². The highest BCUT2D eigenvalue weighted by molar-refractivity contribution is 8.17. The average Bonchev–Trinajstić information content (AvgIpc) is 2.94. The van der Waals surface area contributed by atoms with Crippen molar-refractivity contribution < 1.29 is 28.5 Å². The second-order valence-electron chi connectivity index (χ2n) is 9.71. The van der Waals surface area contributed by atoms with E-state index in [1.54, 1.807) is 12.1 Å². The summed E-state index contributed by atoms with van der Waals surface area (Å²) in [7, 11) is -4.34. The van der Waals surface area contributed by atoms with Gasteiger partial charge in [-0.05, 0) is 99.3 Å². The minimum Gasteiger partial charge on any atom is -0.507 e. The van der Waals surface area contributed by atoms with E-state index < -0.39 is 43.8 Å². The fraction of sp³-hybridized carbons (Fsp3) is 0.194. The first kappa shape index (κ1) is 26.8. The highest BCUT2D eigenvalue weighted by atomic mass is 32.2. The van der Waals surface area contributed by atoms with Crippen LogP contribution in [0.5, 0.6) is 11.5 Å². The Balaban J connectivity index is 1.49. The summed E-state index contributed by atoms with van der Waals surface area (Å²) in [5, 5.41) is 29.1. The normalized spacial score (nSPS) is 15.5. The van der Waals surface area contributed by atoms with Gasteiger partial charge in [0.15, 0.2) is 9.84 Å². The van der Waals surface area contributed by atoms with E-state index >= 15 is 0 Å². The first-order chi connectivity index (χ1) is 18.8. The highest BCUT2D eigenvalue weighted by Crippen LogP contribution is 2.51. The molecule has 0 bridgehead atoms. The van der Waals surface area contributed by atoms with E-state index in [2.05, 4.69) is 12.1 Å². The standard InChI is InChI=1S/C31H30O6S2/c32-28-19-22(20-29(33)30(28)31(34)35)21-11-13-24(14-12-21)38(23-7-3-1-4-8-23)25-15-17-27(18-16-25)39(36,37)26-9-5-2-6-10-26/h1,3-4,7-8,11-20,26,32-33,38H,2,5-6,9-10H2,(H,34,35). The van der Waals surface area contributed by atoms with Crippen LogP contribution in [0, 0.1) is 0 Å². The van der Waals surface area contributed by atoms with Gasteiger partial charge in [0.05, 0.1) is 10.1 Å². The van der Waals surface area contributed by atoms with Crippen molar-refractivity contribution in [3.8, 4) is 22.6 Å². The number of carboxylic acid groups (broad SMARTS) is 1. The Morgan fingerprint density at radius 1 is 0.692 bits per heavy atom. The molecule has 0 aromatic heterocycles. The first-order valence-electron chi connectivity index (χ1n) is 12.8. The Labute approximate surface area is 230 Å². The second-order valence-corrected chi connectivity index (χ2v) is 14.2. The summed E-state index contributed by atoms with van der Waals surface area (Å²) in [5.74, 6) is -2.41. The minimum absolute atomic E-state index is 0.302. The maximum Gasteiger partial charge on any atom is 0.343 e. The van der Waals surface area contributed by atoms with Gasteiger partial charge in [-0.3, -0.25) is 0 Å². The number of thiol groups is 1. The van der Waals surface area contributed by atoms with Crippen LogP contribution >= 0.6 is 10.9 Å². The number of rotatable bonds is 7. The lowest BCUT2D eigenvalue weighted by atomic mass is 10.0. The smallest absolute Gasteiger partial charge is 0.343 e. The molecule has 6 nitrogen and oxygen atoms in total. The van der Waals surface area contributed by atoms with Gasteiger partial charge in [-0.1, -0.05) is 49.6 Å². The van der Waals surface area contributed by atoms with Crippen LogP contribution < -0.4 is 0 Å². The molecule has 8 heteroatoms. The molecular formula is C31H30O6S2. The number of hydrogen-bond donors (Lipinski definition) is 4. The molecule has 0 spiro atoms. The van der Waals surface area contributed by atoms with Gasteiger partial charge in [-0.25, -0.2) is 13.2 Å². The van der Waals surface area contributed by atoms with Crippen LogP contribution in [0.3, 0.4) is 0 Å². The van der Waals surface area contributed by atoms with Gasteiger partial charge in [0, 0.05) is 0 Å². The van der Waals surface area contributed by atoms with E-state index in [-0.39, 0.29) is 5.25 Å². The number of sulfone groups is 1. The summed E-state index contributed by atoms with van der Waals surface area (Å²) in [5.41, 5.74) is 0.665. The Kier molecular flexibility index (Phi) is 7.68. The fourth-order valence-electron chi connectivity index (χ4n) is 5.18. The van der Waals surface area contributed by atoms with Crippen LogP contribution in [-0.4, -0.2) is 35.0 Å². The molecule has 1 unspecified atom stereocenters. The van der Waals surface area contributed by atoms with E-state index in [0.29, 0.717) is 16.0 Å². The Morgan fingerprint density at radius 3 is 1.74 bits per heavy atom. The van der Waals surface area contributed by atoms with Crippen molar-refractivity contribution in [3.05, 3.63) is 96.6 Å². The Bertz CT molecular complexity index is 1550. The van der Waals surface area contributed by atoms with Crippen molar-refractivity contribution in [1.29, 1.82) is 0 Å². The molecule has 1 saturated carbocycles. The molecule has 4 aromatic rings. The van der Waals surface area contributed by atoms with E-state index in [1.165, 1.54) is 12.1 Å². The lowest BCUT2D eigenvalue weighted by Gasteiger charge is -2.25. The molecule has 202 valence electrons. The number of aromatic hydroxyl groups is 2. The lowest BCUT2D eigenvalue weighted by molar-refractivity contribution is 0.0690. The number of carboxylic acids is 1. The third kappa shape index (κ3) is 5.53. The maximum absolute atomic E-state index is 13.2. The van der Waals surface area contributed by atoms with Crippen LogP contribution in [-0.2, 0) is 9.84 Å². The van der Waals surface area contributed by atoms with Gasteiger partial charge >= 0.3 is 5.97 Å². The number of carbonyl (C=O) groups is 1. The van der Waals surface area contributed by atoms with Crippen molar-refractivity contribution in [1.82, 2.24) is 0 Å². The summed E-state index contributed by atoms with van der Waals surface area (Å²) < 4.78 is 26.4. The molecule has 0 saturated heterocycles. The van der Waals surface area contributed by atoms with E-state index in [0.717, 1.165) is 46.8 Å². The zero-order chi connectivity index (χ0) is 27.6. The van der Waals surface area contributed by atoms with Gasteiger partial charge in [-0.15, -0.1) is 0 Å². The second kappa shape index (κ2) is 11.2. The maximum atomic E-state index is 13.2. The van der Waals surface area contributed by atoms with Crippen molar-refractivity contribution in [2.75, 3.05) is 0 Å². The largest absolute Gasteiger partial charge is 0.507 e. The highest BCUT2D eigenvalue weighted by Gasteiger charge is 2.29. The van der Waals surface area contributed by atoms with Gasteiger partial charge in [0.1, 0.15) is 17.1 Å². The molecule has 1 aliphatic rings. The molecule has 1 atom stereocenters. The molecule has 4 aromatic carbocycles. The SMILES string of the molecule is O=C(O)c1c(O)cc(-c2ccc([SH](c3ccccc3)c3ccc(S(=O)(=O)C4CCCCC4)cc3)cc2)cc1O. The fourth-order valence-corrected chi connectivity index (χ4v) is 9.29. The Morgan fingerprint density at radius 2 is 1.21 bits per heavy atom. The molecule has 0 radical (unpaired) electrons. The predicted octanol–water partition coefficient (Wildman–Crippen LogP) is 7.05. The quantitative estimate of drug-likeness (QED) is 0.180. The molecule has 39 heavy (non-hydrogen) atoms.